The van der Waals surface area contributed by atoms with Crippen molar-refractivity contribution >= 4 is 11.9 Å². The molecule has 0 aliphatic carbocycles. The molecule has 0 bridgehead atoms. The number of rotatable bonds is 6. The van der Waals surface area contributed by atoms with Gasteiger partial charge in [0.05, 0.1) is 12.8 Å². The van der Waals surface area contributed by atoms with Crippen LogP contribution in [-0.2, 0) is 16.0 Å². The molecule has 1 aromatic rings. The molecule has 0 spiro atoms. The van der Waals surface area contributed by atoms with E-state index in [1.54, 1.807) is 13.8 Å². The van der Waals surface area contributed by atoms with E-state index in [9.17, 15) is 19.2 Å². The van der Waals surface area contributed by atoms with E-state index < -0.39 is 29.2 Å². The number of amides is 1. The van der Waals surface area contributed by atoms with E-state index in [-0.39, 0.29) is 24.3 Å². The van der Waals surface area contributed by atoms with Gasteiger partial charge in [0.1, 0.15) is 0 Å². The van der Waals surface area contributed by atoms with Gasteiger partial charge in [-0.25, -0.2) is 4.79 Å². The number of aryl methyl sites for hydroxylation is 1. The highest BCUT2D eigenvalue weighted by Crippen LogP contribution is 2.07. The number of hydrogen-bond acceptors (Lipinski definition) is 4. The molecular weight excluding hydrogens is 278 g/mol. The van der Waals surface area contributed by atoms with Crippen LogP contribution in [-0.4, -0.2) is 33.0 Å². The number of aromatic amines is 2. The molecule has 0 saturated carbocycles. The molecule has 1 aromatic heterocycles. The number of hydrogen-bond donors (Lipinski definition) is 4. The van der Waals surface area contributed by atoms with Crippen LogP contribution < -0.4 is 16.6 Å². The molecule has 8 nitrogen and oxygen atoms in total. The summed E-state index contributed by atoms with van der Waals surface area (Å²) in [6, 6.07) is -0.517. The minimum atomic E-state index is -1.01. The van der Waals surface area contributed by atoms with Crippen molar-refractivity contribution in [3.63, 3.8) is 0 Å². The molecule has 0 aliphatic rings. The molecule has 0 aromatic carbocycles. The zero-order chi connectivity index (χ0) is 16.2. The average Bonchev–Trinajstić information content (AvgIpc) is 2.32. The van der Waals surface area contributed by atoms with E-state index >= 15 is 0 Å². The zero-order valence-corrected chi connectivity index (χ0v) is 12.1. The van der Waals surface area contributed by atoms with Crippen LogP contribution >= 0.6 is 0 Å². The van der Waals surface area contributed by atoms with Crippen LogP contribution in [0.15, 0.2) is 9.59 Å². The highest BCUT2D eigenvalue weighted by molar-refractivity contribution is 5.79. The van der Waals surface area contributed by atoms with Gasteiger partial charge in [-0.05, 0) is 12.8 Å². The molecule has 0 radical (unpaired) electrons. The van der Waals surface area contributed by atoms with E-state index in [0.29, 0.717) is 5.69 Å². The van der Waals surface area contributed by atoms with Crippen molar-refractivity contribution in [2.24, 2.45) is 5.92 Å². The summed E-state index contributed by atoms with van der Waals surface area (Å²) in [7, 11) is 0. The third-order valence-corrected chi connectivity index (χ3v) is 3.14. The van der Waals surface area contributed by atoms with Crippen LogP contribution in [0.2, 0.25) is 0 Å². The van der Waals surface area contributed by atoms with Crippen LogP contribution in [0, 0.1) is 12.8 Å². The SMILES string of the molecule is Cc1[nH]c(=O)[nH]c(=O)c1CC(=O)N[C@H](CC(=O)O)C(C)C. The third kappa shape index (κ3) is 4.90. The Labute approximate surface area is 120 Å². The maximum Gasteiger partial charge on any atom is 0.325 e. The molecule has 0 saturated heterocycles. The van der Waals surface area contributed by atoms with E-state index in [2.05, 4.69) is 15.3 Å². The Kier molecular flexibility index (Phi) is 5.45. The number of aliphatic carboxylic acids is 1. The summed E-state index contributed by atoms with van der Waals surface area (Å²) in [6.07, 6.45) is -0.412. The predicted octanol–water partition coefficient (Wildman–Crippen LogP) is -0.470. The summed E-state index contributed by atoms with van der Waals surface area (Å²) in [6.45, 7) is 5.12. The van der Waals surface area contributed by atoms with Gasteiger partial charge in [0, 0.05) is 17.3 Å². The van der Waals surface area contributed by atoms with E-state index in [4.69, 9.17) is 5.11 Å². The third-order valence-electron chi connectivity index (χ3n) is 3.14. The normalized spacial score (nSPS) is 12.2. The maximum atomic E-state index is 11.9. The Morgan fingerprint density at radius 2 is 1.86 bits per heavy atom. The van der Waals surface area contributed by atoms with Crippen LogP contribution in [0.5, 0.6) is 0 Å². The summed E-state index contributed by atoms with van der Waals surface area (Å²) < 4.78 is 0. The smallest absolute Gasteiger partial charge is 0.325 e. The Morgan fingerprint density at radius 1 is 1.24 bits per heavy atom. The monoisotopic (exact) mass is 297 g/mol. The Bertz CT molecular complexity index is 644. The first-order valence-electron chi connectivity index (χ1n) is 6.54. The van der Waals surface area contributed by atoms with Crippen molar-refractivity contribution in [3.8, 4) is 0 Å². The van der Waals surface area contributed by atoms with Gasteiger partial charge in [-0.1, -0.05) is 13.8 Å². The van der Waals surface area contributed by atoms with Gasteiger partial charge in [0.15, 0.2) is 0 Å². The first-order valence-corrected chi connectivity index (χ1v) is 6.54. The quantitative estimate of drug-likeness (QED) is 0.563. The van der Waals surface area contributed by atoms with Crippen LogP contribution in [0.25, 0.3) is 0 Å². The number of carbonyl (C=O) groups is 2. The van der Waals surface area contributed by atoms with Crippen molar-refractivity contribution in [1.29, 1.82) is 0 Å². The molecule has 21 heavy (non-hydrogen) atoms. The van der Waals surface area contributed by atoms with E-state index in [1.807, 2.05) is 0 Å². The maximum absolute atomic E-state index is 11.9. The molecule has 1 rings (SSSR count). The van der Waals surface area contributed by atoms with Gasteiger partial charge in [-0.2, -0.15) is 0 Å². The predicted molar refractivity (Wildman–Crippen MR) is 75.1 cm³/mol. The van der Waals surface area contributed by atoms with Crippen molar-refractivity contribution in [3.05, 3.63) is 32.1 Å². The van der Waals surface area contributed by atoms with Gasteiger partial charge in [0.2, 0.25) is 5.91 Å². The molecule has 0 fully saturated rings. The Balaban J connectivity index is 2.84. The first kappa shape index (κ1) is 16.7. The Hall–Kier alpha value is -2.38. The minimum Gasteiger partial charge on any atom is -0.481 e. The lowest BCUT2D eigenvalue weighted by Gasteiger charge is -2.20. The van der Waals surface area contributed by atoms with Crippen molar-refractivity contribution in [2.75, 3.05) is 0 Å². The largest absolute Gasteiger partial charge is 0.481 e. The summed E-state index contributed by atoms with van der Waals surface area (Å²) in [4.78, 5) is 49.9. The number of carboxylic acid groups (broad SMARTS) is 1. The molecule has 0 aliphatic heterocycles. The molecule has 8 heteroatoms. The fourth-order valence-electron chi connectivity index (χ4n) is 1.90. The summed E-state index contributed by atoms with van der Waals surface area (Å²) in [5.74, 6) is -1.53. The minimum absolute atomic E-state index is 0.0555. The molecule has 4 N–H and O–H groups in total. The van der Waals surface area contributed by atoms with E-state index in [1.165, 1.54) is 6.92 Å². The average molecular weight is 297 g/mol. The highest BCUT2D eigenvalue weighted by atomic mass is 16.4. The second-order valence-corrected chi connectivity index (χ2v) is 5.20. The number of nitrogens with one attached hydrogen (secondary N) is 3. The topological polar surface area (TPSA) is 132 Å². The van der Waals surface area contributed by atoms with Crippen LogP contribution in [0.3, 0.4) is 0 Å². The second kappa shape index (κ2) is 6.87. The van der Waals surface area contributed by atoms with Crippen LogP contribution in [0.1, 0.15) is 31.5 Å². The van der Waals surface area contributed by atoms with Crippen LogP contribution in [0.4, 0.5) is 0 Å². The number of H-pyrrole nitrogens is 2. The van der Waals surface area contributed by atoms with Gasteiger partial charge in [-0.15, -0.1) is 0 Å². The summed E-state index contributed by atoms with van der Waals surface area (Å²) in [5, 5.41) is 11.4. The van der Waals surface area contributed by atoms with Gasteiger partial charge in [-0.3, -0.25) is 19.4 Å². The highest BCUT2D eigenvalue weighted by Gasteiger charge is 2.20. The van der Waals surface area contributed by atoms with Crippen molar-refractivity contribution in [1.82, 2.24) is 15.3 Å². The standard InChI is InChI=1S/C13H19N3O5/c1-6(2)9(5-11(18)19)15-10(17)4-8-7(3)14-13(21)16-12(8)20/h6,9H,4-5H2,1-3H3,(H,15,17)(H,18,19)(H2,14,16,20,21)/t9-/m1/s1. The van der Waals surface area contributed by atoms with Gasteiger partial charge < -0.3 is 15.4 Å². The second-order valence-electron chi connectivity index (χ2n) is 5.20. The first-order chi connectivity index (χ1) is 9.70. The van der Waals surface area contributed by atoms with Crippen molar-refractivity contribution in [2.45, 2.75) is 39.7 Å². The van der Waals surface area contributed by atoms with Gasteiger partial charge in [0.25, 0.3) is 5.56 Å². The zero-order valence-electron chi connectivity index (χ0n) is 12.1. The number of carboxylic acids is 1. The molecule has 1 amide bonds. The lowest BCUT2D eigenvalue weighted by Crippen LogP contribution is -2.42. The van der Waals surface area contributed by atoms with Gasteiger partial charge >= 0.3 is 11.7 Å². The fourth-order valence-corrected chi connectivity index (χ4v) is 1.90. The summed E-state index contributed by atoms with van der Waals surface area (Å²) >= 11 is 0. The fraction of sp³-hybridized carbons (Fsp3) is 0.538. The molecule has 0 unspecified atom stereocenters. The van der Waals surface area contributed by atoms with Crippen molar-refractivity contribution < 1.29 is 14.7 Å². The Morgan fingerprint density at radius 3 is 2.33 bits per heavy atom. The lowest BCUT2D eigenvalue weighted by molar-refractivity contribution is -0.138. The lowest BCUT2D eigenvalue weighted by atomic mass is 10.0. The molecule has 116 valence electrons. The molecule has 1 atom stereocenters. The molecular formula is C13H19N3O5. The molecule has 1 heterocycles. The number of carbonyl (C=O) groups excluding carboxylic acids is 1. The summed E-state index contributed by atoms with van der Waals surface area (Å²) in [5.41, 5.74) is -0.776. The van der Waals surface area contributed by atoms with E-state index in [0.717, 1.165) is 0 Å². The number of aromatic nitrogens is 2.